The first kappa shape index (κ1) is 13.1. The van der Waals surface area contributed by atoms with Crippen molar-refractivity contribution in [3.63, 3.8) is 0 Å². The topological polar surface area (TPSA) is 78.8 Å². The van der Waals surface area contributed by atoms with Gasteiger partial charge in [0.15, 0.2) is 0 Å². The van der Waals surface area contributed by atoms with Crippen molar-refractivity contribution in [2.24, 2.45) is 0 Å². The molecule has 3 rings (SSSR count). The molecule has 0 aliphatic rings. The molecule has 0 saturated carbocycles. The fourth-order valence-corrected chi connectivity index (χ4v) is 2.13. The number of nitrogens with two attached hydrogens (primary N) is 1. The van der Waals surface area contributed by atoms with Gasteiger partial charge in [0.05, 0.1) is 31.9 Å². The quantitative estimate of drug-likeness (QED) is 0.791. The third kappa shape index (κ3) is 2.69. The molecule has 0 aliphatic heterocycles. The molecule has 0 atom stereocenters. The van der Waals surface area contributed by atoms with Crippen molar-refractivity contribution in [2.45, 2.75) is 6.54 Å². The Hall–Kier alpha value is -2.89. The molecule has 0 aromatic carbocycles. The summed E-state index contributed by atoms with van der Waals surface area (Å²) >= 11 is 0. The van der Waals surface area contributed by atoms with E-state index in [9.17, 15) is 0 Å². The molecule has 0 radical (unpaired) electrons. The highest BCUT2D eigenvalue weighted by atomic mass is 16.5. The number of methoxy groups -OCH3 is 1. The van der Waals surface area contributed by atoms with Crippen LogP contribution in [0, 0.1) is 0 Å². The van der Waals surface area contributed by atoms with E-state index in [2.05, 4.69) is 15.0 Å². The van der Waals surface area contributed by atoms with Gasteiger partial charge in [0.1, 0.15) is 5.82 Å². The zero-order chi connectivity index (χ0) is 14.7. The highest BCUT2D eigenvalue weighted by Gasteiger charge is 2.09. The van der Waals surface area contributed by atoms with Crippen LogP contribution in [0.2, 0.25) is 0 Å². The van der Waals surface area contributed by atoms with E-state index >= 15 is 0 Å². The number of rotatable bonds is 4. The van der Waals surface area contributed by atoms with Crippen molar-refractivity contribution in [2.75, 3.05) is 12.8 Å². The molecule has 3 aromatic heterocycles. The first-order chi connectivity index (χ1) is 10.3. The number of aromatic nitrogens is 4. The van der Waals surface area contributed by atoms with Gasteiger partial charge in [-0.2, -0.15) is 0 Å². The average molecular weight is 281 g/mol. The van der Waals surface area contributed by atoms with E-state index < -0.39 is 0 Å². The van der Waals surface area contributed by atoms with E-state index in [0.717, 1.165) is 16.8 Å². The van der Waals surface area contributed by atoms with Gasteiger partial charge in [0.25, 0.3) is 0 Å². The number of hydrogen-bond donors (Lipinski definition) is 1. The van der Waals surface area contributed by atoms with Gasteiger partial charge < -0.3 is 15.0 Å². The standard InChI is InChI=1S/C15H15N5O/c1-21-14-5-4-11(7-19-14)9-20-10-17-8-13(20)12-3-2-6-18-15(12)16/h2-8,10H,9H2,1H3,(H2,16,18). The number of hydrogen-bond acceptors (Lipinski definition) is 5. The lowest BCUT2D eigenvalue weighted by atomic mass is 10.2. The molecule has 6 nitrogen and oxygen atoms in total. The molecule has 3 aromatic rings. The molecule has 0 spiro atoms. The first-order valence-electron chi connectivity index (χ1n) is 6.48. The minimum atomic E-state index is 0.493. The molecule has 21 heavy (non-hydrogen) atoms. The van der Waals surface area contributed by atoms with E-state index in [1.54, 1.807) is 32.0 Å². The van der Waals surface area contributed by atoms with Crippen molar-refractivity contribution >= 4 is 5.82 Å². The zero-order valence-corrected chi connectivity index (χ0v) is 11.6. The molecule has 0 bridgehead atoms. The summed E-state index contributed by atoms with van der Waals surface area (Å²) in [5.41, 5.74) is 8.78. The van der Waals surface area contributed by atoms with E-state index in [1.165, 1.54) is 0 Å². The average Bonchev–Trinajstić information content (AvgIpc) is 2.96. The third-order valence-corrected chi connectivity index (χ3v) is 3.19. The van der Waals surface area contributed by atoms with Gasteiger partial charge in [-0.3, -0.25) is 0 Å². The Balaban J connectivity index is 1.90. The SMILES string of the molecule is COc1ccc(Cn2cncc2-c2cccnc2N)cn1. The van der Waals surface area contributed by atoms with Crippen LogP contribution in [0.5, 0.6) is 5.88 Å². The predicted molar refractivity (Wildman–Crippen MR) is 79.8 cm³/mol. The predicted octanol–water partition coefficient (Wildman–Crippen LogP) is 1.98. The monoisotopic (exact) mass is 281 g/mol. The van der Waals surface area contributed by atoms with Crippen molar-refractivity contribution in [1.29, 1.82) is 0 Å². The normalized spacial score (nSPS) is 10.5. The Morgan fingerprint density at radius 1 is 1.19 bits per heavy atom. The molecular weight excluding hydrogens is 266 g/mol. The van der Waals surface area contributed by atoms with Crippen molar-refractivity contribution in [3.05, 3.63) is 54.7 Å². The van der Waals surface area contributed by atoms with Gasteiger partial charge in [0, 0.05) is 24.0 Å². The molecule has 2 N–H and O–H groups in total. The molecule has 0 saturated heterocycles. The third-order valence-electron chi connectivity index (χ3n) is 3.19. The number of pyridine rings is 2. The summed E-state index contributed by atoms with van der Waals surface area (Å²) in [5, 5.41) is 0. The maximum atomic E-state index is 5.93. The Bertz CT molecular complexity index is 736. The van der Waals surface area contributed by atoms with E-state index in [0.29, 0.717) is 18.2 Å². The maximum absolute atomic E-state index is 5.93. The Morgan fingerprint density at radius 3 is 2.81 bits per heavy atom. The summed E-state index contributed by atoms with van der Waals surface area (Å²) in [4.78, 5) is 12.5. The van der Waals surface area contributed by atoms with E-state index in [4.69, 9.17) is 10.5 Å². The molecule has 0 aliphatic carbocycles. The summed E-state index contributed by atoms with van der Waals surface area (Å²) in [6, 6.07) is 7.60. The fraction of sp³-hybridized carbons (Fsp3) is 0.133. The largest absolute Gasteiger partial charge is 0.481 e. The molecule has 0 fully saturated rings. The van der Waals surface area contributed by atoms with Crippen molar-refractivity contribution in [3.8, 4) is 17.1 Å². The van der Waals surface area contributed by atoms with Crippen LogP contribution >= 0.6 is 0 Å². The van der Waals surface area contributed by atoms with Crippen LogP contribution in [0.4, 0.5) is 5.82 Å². The zero-order valence-electron chi connectivity index (χ0n) is 11.6. The molecule has 0 amide bonds. The van der Waals surface area contributed by atoms with Gasteiger partial charge in [-0.25, -0.2) is 15.0 Å². The second-order valence-electron chi connectivity index (χ2n) is 4.55. The lowest BCUT2D eigenvalue weighted by Crippen LogP contribution is -2.03. The second-order valence-corrected chi connectivity index (χ2v) is 4.55. The molecule has 0 unspecified atom stereocenters. The van der Waals surface area contributed by atoms with E-state index in [-0.39, 0.29) is 0 Å². The number of ether oxygens (including phenoxy) is 1. The van der Waals surface area contributed by atoms with Gasteiger partial charge >= 0.3 is 0 Å². The summed E-state index contributed by atoms with van der Waals surface area (Å²) in [6.07, 6.45) is 7.01. The first-order valence-corrected chi connectivity index (χ1v) is 6.48. The number of anilines is 1. The molecule has 6 heteroatoms. The van der Waals surface area contributed by atoms with Crippen LogP contribution in [-0.2, 0) is 6.54 Å². The van der Waals surface area contributed by atoms with Crippen LogP contribution in [0.25, 0.3) is 11.3 Å². The highest BCUT2D eigenvalue weighted by molar-refractivity contribution is 5.70. The van der Waals surface area contributed by atoms with Gasteiger partial charge in [-0.05, 0) is 17.7 Å². The summed E-state index contributed by atoms with van der Waals surface area (Å²) in [7, 11) is 1.60. The second kappa shape index (κ2) is 5.62. The lowest BCUT2D eigenvalue weighted by molar-refractivity contribution is 0.397. The summed E-state index contributed by atoms with van der Waals surface area (Å²) in [6.45, 7) is 0.653. The van der Waals surface area contributed by atoms with Crippen LogP contribution < -0.4 is 10.5 Å². The summed E-state index contributed by atoms with van der Waals surface area (Å²) in [5.74, 6) is 1.09. The minimum Gasteiger partial charge on any atom is -0.481 e. The van der Waals surface area contributed by atoms with Gasteiger partial charge in [-0.1, -0.05) is 6.07 Å². The van der Waals surface area contributed by atoms with E-state index in [1.807, 2.05) is 28.8 Å². The maximum Gasteiger partial charge on any atom is 0.212 e. The molecule has 106 valence electrons. The number of nitrogens with zero attached hydrogens (tertiary/aromatic N) is 4. The van der Waals surface area contributed by atoms with Crippen LogP contribution in [-0.4, -0.2) is 26.6 Å². The van der Waals surface area contributed by atoms with Gasteiger partial charge in [0.2, 0.25) is 5.88 Å². The Morgan fingerprint density at radius 2 is 2.10 bits per heavy atom. The number of nitrogen functional groups attached to an aromatic ring is 1. The van der Waals surface area contributed by atoms with Crippen molar-refractivity contribution < 1.29 is 4.74 Å². The van der Waals surface area contributed by atoms with Crippen LogP contribution in [0.3, 0.4) is 0 Å². The smallest absolute Gasteiger partial charge is 0.212 e. The Labute approximate surface area is 122 Å². The molecule has 3 heterocycles. The number of imidazole rings is 1. The fourth-order valence-electron chi connectivity index (χ4n) is 2.13. The van der Waals surface area contributed by atoms with Gasteiger partial charge in [-0.15, -0.1) is 0 Å². The lowest BCUT2D eigenvalue weighted by Gasteiger charge is -2.09. The minimum absolute atomic E-state index is 0.493. The van der Waals surface area contributed by atoms with Crippen LogP contribution in [0.15, 0.2) is 49.2 Å². The summed E-state index contributed by atoms with van der Waals surface area (Å²) < 4.78 is 7.07. The van der Waals surface area contributed by atoms with Crippen molar-refractivity contribution in [1.82, 2.24) is 19.5 Å². The molecular formula is C15H15N5O. The van der Waals surface area contributed by atoms with Crippen LogP contribution in [0.1, 0.15) is 5.56 Å². The highest BCUT2D eigenvalue weighted by Crippen LogP contribution is 2.24. The Kier molecular flexibility index (Phi) is 3.51.